The van der Waals surface area contributed by atoms with Crippen LogP contribution >= 0.6 is 22.9 Å². The van der Waals surface area contributed by atoms with E-state index in [1.807, 2.05) is 24.4 Å². The molecule has 1 heterocycles. The van der Waals surface area contributed by atoms with Crippen LogP contribution in [0.3, 0.4) is 0 Å². The number of rotatable bonds is 4. The summed E-state index contributed by atoms with van der Waals surface area (Å²) in [6.07, 6.45) is -4.40. The molecule has 6 heteroatoms. The lowest BCUT2D eigenvalue weighted by Crippen LogP contribution is -2.24. The Morgan fingerprint density at radius 2 is 2.00 bits per heavy atom. The average Bonchev–Trinajstić information content (AvgIpc) is 2.98. The van der Waals surface area contributed by atoms with Gasteiger partial charge in [-0.3, -0.25) is 0 Å². The van der Waals surface area contributed by atoms with Crippen LogP contribution in [0.25, 0.3) is 0 Å². The zero-order valence-corrected chi connectivity index (χ0v) is 13.2. The first-order chi connectivity index (χ1) is 9.84. The molecule has 0 fully saturated rings. The molecule has 1 nitrogen and oxygen atoms in total. The molecule has 1 unspecified atom stereocenters. The first kappa shape index (κ1) is 16.2. The van der Waals surface area contributed by atoms with E-state index in [9.17, 15) is 13.2 Å². The maximum atomic E-state index is 13.3. The van der Waals surface area contributed by atoms with Crippen LogP contribution in [0, 0.1) is 0 Å². The zero-order chi connectivity index (χ0) is 15.6. The van der Waals surface area contributed by atoms with Crippen molar-refractivity contribution in [1.82, 2.24) is 0 Å². The van der Waals surface area contributed by atoms with Crippen molar-refractivity contribution in [3.8, 4) is 0 Å². The van der Waals surface area contributed by atoms with Crippen LogP contribution in [-0.4, -0.2) is 7.05 Å². The fourth-order valence-electron chi connectivity index (χ4n) is 2.13. The van der Waals surface area contributed by atoms with E-state index in [-0.39, 0.29) is 17.6 Å². The first-order valence-corrected chi connectivity index (χ1v) is 7.78. The van der Waals surface area contributed by atoms with Crippen molar-refractivity contribution in [1.29, 1.82) is 0 Å². The molecule has 0 saturated carbocycles. The highest BCUT2D eigenvalue weighted by atomic mass is 35.5. The molecule has 0 aliphatic rings. The molecular weight excluding hydrogens is 319 g/mol. The number of hydrogen-bond donors (Lipinski definition) is 0. The molecule has 1 atom stereocenters. The van der Waals surface area contributed by atoms with Gasteiger partial charge in [0.15, 0.2) is 0 Å². The van der Waals surface area contributed by atoms with Crippen molar-refractivity contribution in [2.75, 3.05) is 11.9 Å². The summed E-state index contributed by atoms with van der Waals surface area (Å²) in [5.41, 5.74) is -0.0197. The van der Waals surface area contributed by atoms with Crippen molar-refractivity contribution >= 4 is 28.6 Å². The highest BCUT2D eigenvalue weighted by Gasteiger charge is 2.35. The number of hydrogen-bond acceptors (Lipinski definition) is 2. The summed E-state index contributed by atoms with van der Waals surface area (Å²) in [5, 5.41) is 1.92. The number of benzene rings is 1. The van der Waals surface area contributed by atoms with Crippen molar-refractivity contribution in [3.63, 3.8) is 0 Å². The van der Waals surface area contributed by atoms with Crippen molar-refractivity contribution in [2.45, 2.75) is 25.0 Å². The van der Waals surface area contributed by atoms with E-state index in [0.29, 0.717) is 5.56 Å². The molecule has 0 spiro atoms. The van der Waals surface area contributed by atoms with Crippen molar-refractivity contribution < 1.29 is 13.2 Å². The molecule has 2 aromatic rings. The lowest BCUT2D eigenvalue weighted by atomic mass is 10.1. The topological polar surface area (TPSA) is 3.24 Å². The van der Waals surface area contributed by atoms with E-state index >= 15 is 0 Å². The second-order valence-electron chi connectivity index (χ2n) is 4.79. The normalized spacial score (nSPS) is 13.2. The van der Waals surface area contributed by atoms with E-state index in [1.165, 1.54) is 17.4 Å². The quantitative estimate of drug-likeness (QED) is 0.648. The van der Waals surface area contributed by atoms with Crippen LogP contribution in [-0.2, 0) is 12.1 Å². The van der Waals surface area contributed by atoms with Crippen molar-refractivity contribution in [3.05, 3.63) is 51.7 Å². The number of halogens is 4. The number of anilines is 1. The van der Waals surface area contributed by atoms with E-state index in [1.54, 1.807) is 18.0 Å². The third-order valence-corrected chi connectivity index (χ3v) is 4.79. The van der Waals surface area contributed by atoms with Crippen LogP contribution in [0.1, 0.15) is 29.0 Å². The smallest absolute Gasteiger partial charge is 0.367 e. The predicted octanol–water partition coefficient (Wildman–Crippen LogP) is 5.70. The van der Waals surface area contributed by atoms with Gasteiger partial charge in [-0.25, -0.2) is 0 Å². The lowest BCUT2D eigenvalue weighted by Gasteiger charge is -2.29. The Morgan fingerprint density at radius 3 is 2.52 bits per heavy atom. The molecule has 1 aromatic heterocycles. The maximum absolute atomic E-state index is 13.3. The summed E-state index contributed by atoms with van der Waals surface area (Å²) in [7, 11) is 1.68. The molecular formula is C15H15ClF3NS. The van der Waals surface area contributed by atoms with Gasteiger partial charge in [0.1, 0.15) is 0 Å². The van der Waals surface area contributed by atoms with Crippen LogP contribution in [0.5, 0.6) is 0 Å². The van der Waals surface area contributed by atoms with Crippen LogP contribution in [0.4, 0.5) is 18.9 Å². The van der Waals surface area contributed by atoms with Gasteiger partial charge in [-0.1, -0.05) is 12.1 Å². The molecule has 114 valence electrons. The minimum absolute atomic E-state index is 0.0630. The summed E-state index contributed by atoms with van der Waals surface area (Å²) in [4.78, 5) is 2.67. The van der Waals surface area contributed by atoms with Gasteiger partial charge in [0.25, 0.3) is 0 Å². The lowest BCUT2D eigenvalue weighted by molar-refractivity contribution is -0.137. The highest BCUT2D eigenvalue weighted by Crippen LogP contribution is 2.39. The molecule has 0 saturated heterocycles. The zero-order valence-electron chi connectivity index (χ0n) is 11.6. The summed E-state index contributed by atoms with van der Waals surface area (Å²) < 4.78 is 39.8. The van der Waals surface area contributed by atoms with E-state index < -0.39 is 11.7 Å². The Balaban J connectivity index is 2.43. The van der Waals surface area contributed by atoms with Gasteiger partial charge < -0.3 is 4.90 Å². The van der Waals surface area contributed by atoms with Crippen LogP contribution in [0.2, 0.25) is 0 Å². The van der Waals surface area contributed by atoms with Gasteiger partial charge in [-0.2, -0.15) is 13.2 Å². The Morgan fingerprint density at radius 1 is 1.29 bits per heavy atom. The standard InChI is InChI=1S/C15H15ClF3NS/c1-10(14-4-3-7-21-14)20(2)13-6-5-11(9-16)8-12(13)15(17,18)19/h3-8,10H,9H2,1-2H3. The van der Waals surface area contributed by atoms with Gasteiger partial charge in [0, 0.05) is 23.5 Å². The molecule has 0 aliphatic carbocycles. The summed E-state index contributed by atoms with van der Waals surface area (Å²) in [5.74, 6) is 0.0630. The largest absolute Gasteiger partial charge is 0.418 e. The summed E-state index contributed by atoms with van der Waals surface area (Å²) >= 11 is 7.18. The third-order valence-electron chi connectivity index (χ3n) is 3.44. The Labute approximate surface area is 131 Å². The monoisotopic (exact) mass is 333 g/mol. The van der Waals surface area contributed by atoms with Gasteiger partial charge in [0.05, 0.1) is 11.6 Å². The SMILES string of the molecule is CC(c1cccs1)N(C)c1ccc(CCl)cc1C(F)(F)F. The number of nitrogens with zero attached hydrogens (tertiary/aromatic N) is 1. The second-order valence-corrected chi connectivity index (χ2v) is 6.03. The molecule has 1 aromatic carbocycles. The molecule has 0 N–H and O–H groups in total. The average molecular weight is 334 g/mol. The molecule has 0 aliphatic heterocycles. The van der Waals surface area contributed by atoms with Gasteiger partial charge in [-0.05, 0) is 36.1 Å². The minimum Gasteiger partial charge on any atom is -0.367 e. The Bertz CT molecular complexity index is 595. The summed E-state index contributed by atoms with van der Waals surface area (Å²) in [6.45, 7) is 1.89. The van der Waals surface area contributed by atoms with Crippen LogP contribution in [0.15, 0.2) is 35.7 Å². The summed E-state index contributed by atoms with van der Waals surface area (Å²) in [6, 6.07) is 7.94. The van der Waals surface area contributed by atoms with Crippen LogP contribution < -0.4 is 4.90 Å². The maximum Gasteiger partial charge on any atom is 0.418 e. The van der Waals surface area contributed by atoms with Crippen molar-refractivity contribution in [2.24, 2.45) is 0 Å². The van der Waals surface area contributed by atoms with Gasteiger partial charge >= 0.3 is 6.18 Å². The highest BCUT2D eigenvalue weighted by molar-refractivity contribution is 7.10. The van der Waals surface area contributed by atoms with E-state index in [0.717, 1.165) is 10.9 Å². The van der Waals surface area contributed by atoms with Gasteiger partial charge in [0.2, 0.25) is 0 Å². The molecule has 2 rings (SSSR count). The number of thiophene rings is 1. The molecule has 21 heavy (non-hydrogen) atoms. The fraction of sp³-hybridized carbons (Fsp3) is 0.333. The predicted molar refractivity (Wildman–Crippen MR) is 82.1 cm³/mol. The molecule has 0 bridgehead atoms. The minimum atomic E-state index is -4.40. The first-order valence-electron chi connectivity index (χ1n) is 6.37. The number of alkyl halides is 4. The molecule has 0 radical (unpaired) electrons. The third kappa shape index (κ3) is 3.52. The van der Waals surface area contributed by atoms with E-state index in [4.69, 9.17) is 11.6 Å². The fourth-order valence-corrected chi connectivity index (χ4v) is 3.12. The Hall–Kier alpha value is -1.20. The second kappa shape index (κ2) is 6.28. The van der Waals surface area contributed by atoms with Gasteiger partial charge in [-0.15, -0.1) is 22.9 Å². The Kier molecular flexibility index (Phi) is 4.84. The molecule has 0 amide bonds. The van der Waals surface area contributed by atoms with E-state index in [2.05, 4.69) is 0 Å².